The number of aliphatic carboxylic acids is 1. The van der Waals surface area contributed by atoms with Gasteiger partial charge in [-0.15, -0.1) is 0 Å². The number of allylic oxidation sites excluding steroid dienone is 3. The summed E-state index contributed by atoms with van der Waals surface area (Å²) in [5.74, 6) is -0.202. The highest BCUT2D eigenvalue weighted by Gasteiger charge is 2.34. The molecule has 1 saturated heterocycles. The Morgan fingerprint density at radius 2 is 2.04 bits per heavy atom. The lowest BCUT2D eigenvalue weighted by atomic mass is 10.0. The highest BCUT2D eigenvalue weighted by molar-refractivity contribution is 7.97. The summed E-state index contributed by atoms with van der Waals surface area (Å²) in [5, 5.41) is 23.5. The monoisotopic (exact) mass is 397 g/mol. The van der Waals surface area contributed by atoms with Gasteiger partial charge in [-0.05, 0) is 54.6 Å². The molecular weight excluding hydrogens is 374 g/mol. The van der Waals surface area contributed by atoms with E-state index in [2.05, 4.69) is 11.2 Å². The average molecular weight is 398 g/mol. The molecule has 0 spiro atoms. The topological polar surface area (TPSA) is 78.6 Å². The highest BCUT2D eigenvalue weighted by Crippen LogP contribution is 2.37. The predicted octanol–water partition coefficient (Wildman–Crippen LogP) is 3.54. The van der Waals surface area contributed by atoms with E-state index in [1.165, 1.54) is 0 Å². The minimum atomic E-state index is -0.853. The van der Waals surface area contributed by atoms with E-state index in [-0.39, 0.29) is 18.2 Å². The van der Waals surface area contributed by atoms with E-state index in [4.69, 9.17) is 5.10 Å². The van der Waals surface area contributed by atoms with Crippen LogP contribution in [0.15, 0.2) is 47.4 Å². The molecule has 4 rings (SSSR count). The quantitative estimate of drug-likeness (QED) is 0.752. The van der Waals surface area contributed by atoms with Crippen molar-refractivity contribution in [1.29, 1.82) is 0 Å². The number of carboxylic acid groups (broad SMARTS) is 1. The van der Waals surface area contributed by atoms with Crippen molar-refractivity contribution in [2.45, 2.75) is 30.7 Å². The summed E-state index contributed by atoms with van der Waals surface area (Å²) in [4.78, 5) is 12.4. The molecule has 1 aromatic heterocycles. The van der Waals surface area contributed by atoms with Gasteiger partial charge in [-0.25, -0.2) is 4.31 Å². The third-order valence-electron chi connectivity index (χ3n) is 5.20. The van der Waals surface area contributed by atoms with Gasteiger partial charge in [0.15, 0.2) is 0 Å². The van der Waals surface area contributed by atoms with E-state index in [0.717, 1.165) is 29.2 Å². The van der Waals surface area contributed by atoms with Crippen molar-refractivity contribution >= 4 is 24.0 Å². The van der Waals surface area contributed by atoms with Crippen molar-refractivity contribution in [2.75, 3.05) is 13.1 Å². The third-order valence-corrected chi connectivity index (χ3v) is 6.24. The van der Waals surface area contributed by atoms with Crippen LogP contribution in [0.4, 0.5) is 0 Å². The van der Waals surface area contributed by atoms with Crippen LogP contribution in [0.3, 0.4) is 0 Å². The number of aromatic hydroxyl groups is 1. The van der Waals surface area contributed by atoms with Gasteiger partial charge in [0.2, 0.25) is 0 Å². The van der Waals surface area contributed by atoms with Crippen molar-refractivity contribution in [3.8, 4) is 5.75 Å². The number of rotatable bonds is 5. The molecule has 2 aliphatic rings. The van der Waals surface area contributed by atoms with Gasteiger partial charge in [-0.3, -0.25) is 9.48 Å². The van der Waals surface area contributed by atoms with Crippen LogP contribution >= 0.6 is 11.9 Å². The number of benzene rings is 1. The molecule has 2 N–H and O–H groups in total. The minimum Gasteiger partial charge on any atom is -0.508 e. The molecule has 0 amide bonds. The highest BCUT2D eigenvalue weighted by atomic mass is 32.2. The average Bonchev–Trinajstić information content (AvgIpc) is 3.05. The van der Waals surface area contributed by atoms with Crippen LogP contribution in [-0.4, -0.2) is 43.4 Å². The molecule has 1 aromatic carbocycles. The zero-order valence-corrected chi connectivity index (χ0v) is 16.5. The summed E-state index contributed by atoms with van der Waals surface area (Å²) in [5.41, 5.74) is 2.70. The number of carboxylic acids is 1. The summed E-state index contributed by atoms with van der Waals surface area (Å²) in [7, 11) is 0. The second-order valence-corrected chi connectivity index (χ2v) is 8.46. The Bertz CT molecular complexity index is 933. The smallest absolute Gasteiger partial charge is 0.309 e. The normalized spacial score (nSPS) is 21.6. The Balaban J connectivity index is 1.59. The summed E-state index contributed by atoms with van der Waals surface area (Å²) in [6, 6.07) is 7.41. The Morgan fingerprint density at radius 3 is 2.79 bits per heavy atom. The number of aromatic nitrogens is 2. The zero-order chi connectivity index (χ0) is 19.7. The lowest BCUT2D eigenvalue weighted by Crippen LogP contribution is -2.19. The Kier molecular flexibility index (Phi) is 5.28. The number of carbonyl (C=O) groups is 1. The summed E-state index contributed by atoms with van der Waals surface area (Å²) in [6.07, 6.45) is 8.74. The Hall–Kier alpha value is -2.51. The van der Waals surface area contributed by atoms with Crippen molar-refractivity contribution < 1.29 is 15.0 Å². The maximum atomic E-state index is 11.3. The van der Waals surface area contributed by atoms with Crippen LogP contribution < -0.4 is 0 Å². The molecule has 6 nitrogen and oxygen atoms in total. The molecule has 146 valence electrons. The van der Waals surface area contributed by atoms with E-state index < -0.39 is 5.97 Å². The molecule has 1 aliphatic carbocycles. The van der Waals surface area contributed by atoms with Gasteiger partial charge in [0, 0.05) is 23.5 Å². The molecule has 2 heterocycles. The SMILES string of the molecule is C[C@H]1CN(Sc2ccc(O)cc2)C[C@H]1n1nc(CC(=O)O)c2c1C=CC=CC2. The summed E-state index contributed by atoms with van der Waals surface area (Å²) >= 11 is 1.68. The summed E-state index contributed by atoms with van der Waals surface area (Å²) in [6.45, 7) is 3.96. The first-order valence-corrected chi connectivity index (χ1v) is 10.2. The van der Waals surface area contributed by atoms with Crippen molar-refractivity contribution in [1.82, 2.24) is 14.1 Å². The molecule has 7 heteroatoms. The Morgan fingerprint density at radius 1 is 1.25 bits per heavy atom. The molecular formula is C21H23N3O3S. The van der Waals surface area contributed by atoms with Gasteiger partial charge in [0.05, 0.1) is 23.9 Å². The number of phenolic OH excluding ortho intramolecular Hbond substituents is 1. The van der Waals surface area contributed by atoms with Gasteiger partial charge >= 0.3 is 5.97 Å². The van der Waals surface area contributed by atoms with E-state index in [1.807, 2.05) is 41.1 Å². The lowest BCUT2D eigenvalue weighted by Gasteiger charge is -2.18. The van der Waals surface area contributed by atoms with Crippen LogP contribution in [0.2, 0.25) is 0 Å². The van der Waals surface area contributed by atoms with Crippen molar-refractivity contribution in [2.24, 2.45) is 5.92 Å². The van der Waals surface area contributed by atoms with Crippen molar-refractivity contribution in [3.63, 3.8) is 0 Å². The first kappa shape index (κ1) is 18.8. The molecule has 0 radical (unpaired) electrons. The first-order chi connectivity index (χ1) is 13.5. The molecule has 28 heavy (non-hydrogen) atoms. The Labute approximate surface area is 168 Å². The fourth-order valence-electron chi connectivity index (χ4n) is 3.83. The maximum absolute atomic E-state index is 11.3. The van der Waals surface area contributed by atoms with Crippen LogP contribution in [0.1, 0.15) is 29.9 Å². The van der Waals surface area contributed by atoms with Gasteiger partial charge in [-0.2, -0.15) is 5.10 Å². The number of phenols is 1. The molecule has 2 aromatic rings. The van der Waals surface area contributed by atoms with E-state index in [9.17, 15) is 15.0 Å². The van der Waals surface area contributed by atoms with Gasteiger partial charge < -0.3 is 10.2 Å². The maximum Gasteiger partial charge on any atom is 0.309 e. The standard InChI is InChI=1S/C21H23N3O3S/c1-14-12-23(28-16-9-7-15(25)8-10-16)13-20(14)24-19-6-4-2-3-5-17(19)18(22-24)11-21(26)27/h2-4,6-10,14,20,25H,5,11-13H2,1H3,(H,26,27)/t14-,20+/m0/s1. The van der Waals surface area contributed by atoms with Crippen molar-refractivity contribution in [3.05, 3.63) is 59.4 Å². The number of hydrogen-bond donors (Lipinski definition) is 2. The molecule has 1 aliphatic heterocycles. The number of fused-ring (bicyclic) bond motifs is 1. The fourth-order valence-corrected chi connectivity index (χ4v) is 4.93. The molecule has 0 bridgehead atoms. The van der Waals surface area contributed by atoms with Crippen LogP contribution in [-0.2, 0) is 17.6 Å². The third kappa shape index (κ3) is 3.86. The largest absolute Gasteiger partial charge is 0.508 e. The number of nitrogens with zero attached hydrogens (tertiary/aromatic N) is 3. The van der Waals surface area contributed by atoms with Crippen LogP contribution in [0.25, 0.3) is 6.08 Å². The van der Waals surface area contributed by atoms with E-state index >= 15 is 0 Å². The second-order valence-electron chi connectivity index (χ2n) is 7.29. The van der Waals surface area contributed by atoms with Gasteiger partial charge in [0.1, 0.15) is 5.75 Å². The second kappa shape index (κ2) is 7.85. The minimum absolute atomic E-state index is 0.0515. The fraction of sp³-hybridized carbons (Fsp3) is 0.333. The van der Waals surface area contributed by atoms with E-state index in [0.29, 0.717) is 18.0 Å². The lowest BCUT2D eigenvalue weighted by molar-refractivity contribution is -0.136. The van der Waals surface area contributed by atoms with Gasteiger partial charge in [-0.1, -0.05) is 25.2 Å². The predicted molar refractivity (Wildman–Crippen MR) is 109 cm³/mol. The van der Waals surface area contributed by atoms with Gasteiger partial charge in [0.25, 0.3) is 0 Å². The number of hydrogen-bond acceptors (Lipinski definition) is 5. The summed E-state index contributed by atoms with van der Waals surface area (Å²) < 4.78 is 4.35. The van der Waals surface area contributed by atoms with Crippen LogP contribution in [0.5, 0.6) is 5.75 Å². The molecule has 1 fully saturated rings. The molecule has 0 unspecified atom stereocenters. The first-order valence-electron chi connectivity index (χ1n) is 9.38. The van der Waals surface area contributed by atoms with E-state index in [1.54, 1.807) is 24.1 Å². The zero-order valence-electron chi connectivity index (χ0n) is 15.7. The molecule has 2 atom stereocenters. The molecule has 0 saturated carbocycles. The van der Waals surface area contributed by atoms with Crippen LogP contribution in [0, 0.1) is 5.92 Å².